The van der Waals surface area contributed by atoms with E-state index in [2.05, 4.69) is 20.4 Å². The molecule has 0 aliphatic rings. The van der Waals surface area contributed by atoms with Gasteiger partial charge in [0, 0.05) is 6.61 Å². The van der Waals surface area contributed by atoms with Gasteiger partial charge >= 0.3 is 0 Å². The molecule has 0 spiro atoms. The van der Waals surface area contributed by atoms with Gasteiger partial charge in [0.25, 0.3) is 0 Å². The summed E-state index contributed by atoms with van der Waals surface area (Å²) in [4.78, 5) is 0. The summed E-state index contributed by atoms with van der Waals surface area (Å²) >= 11 is 0. The number of hydrogen-bond donors (Lipinski definition) is 0. The first-order valence-corrected chi connectivity index (χ1v) is 5.65. The Balaban J connectivity index is 2.19. The first-order chi connectivity index (χ1) is 7.72. The van der Waals surface area contributed by atoms with Gasteiger partial charge in [-0.25, -0.2) is 0 Å². The van der Waals surface area contributed by atoms with Gasteiger partial charge in [-0.05, 0) is 23.6 Å². The number of ether oxygens (including phenoxy) is 2. The van der Waals surface area contributed by atoms with Gasteiger partial charge in [0.2, 0.25) is 0 Å². The molecule has 0 bridgehead atoms. The summed E-state index contributed by atoms with van der Waals surface area (Å²) in [6, 6.07) is 7.85. The number of rotatable bonds is 7. The topological polar surface area (TPSA) is 18.5 Å². The molecule has 0 amide bonds. The van der Waals surface area contributed by atoms with Gasteiger partial charge in [-0.1, -0.05) is 38.6 Å². The minimum Gasteiger partial charge on any atom is -0.491 e. The summed E-state index contributed by atoms with van der Waals surface area (Å²) in [5.41, 5.74) is 1.10. The highest BCUT2D eigenvalue weighted by Gasteiger charge is 1.95. The highest BCUT2D eigenvalue weighted by Crippen LogP contribution is 2.12. The summed E-state index contributed by atoms with van der Waals surface area (Å²) in [6.45, 7) is 10.00. The van der Waals surface area contributed by atoms with Gasteiger partial charge in [-0.3, -0.25) is 0 Å². The molecule has 0 aliphatic carbocycles. The van der Waals surface area contributed by atoms with E-state index in [1.165, 1.54) is 0 Å². The van der Waals surface area contributed by atoms with Crippen molar-refractivity contribution in [2.24, 2.45) is 5.92 Å². The van der Waals surface area contributed by atoms with Crippen LogP contribution in [0.15, 0.2) is 30.8 Å². The lowest BCUT2D eigenvalue weighted by Crippen LogP contribution is -2.10. The number of benzene rings is 1. The van der Waals surface area contributed by atoms with Gasteiger partial charge in [0.1, 0.15) is 12.4 Å². The molecular weight excluding hydrogens is 200 g/mol. The Hall–Kier alpha value is -1.28. The fourth-order valence-electron chi connectivity index (χ4n) is 1.24. The lowest BCUT2D eigenvalue weighted by atomic mass is 10.2. The van der Waals surface area contributed by atoms with E-state index in [9.17, 15) is 0 Å². The molecule has 0 saturated carbocycles. The van der Waals surface area contributed by atoms with E-state index in [1.807, 2.05) is 30.3 Å². The van der Waals surface area contributed by atoms with Crippen LogP contribution in [0.2, 0.25) is 0 Å². The molecule has 0 saturated heterocycles. The molecule has 0 atom stereocenters. The second kappa shape index (κ2) is 7.07. The molecule has 1 aromatic rings. The molecule has 1 aromatic carbocycles. The Morgan fingerprint density at radius 3 is 2.44 bits per heavy atom. The fourth-order valence-corrected chi connectivity index (χ4v) is 1.24. The monoisotopic (exact) mass is 220 g/mol. The first kappa shape index (κ1) is 12.8. The standard InChI is InChI=1S/C14H20O2/c1-4-13-5-7-14(8-6-13)16-10-9-15-11-12(2)3/h4-8,12H,1,9-11H2,2-3H3. The van der Waals surface area contributed by atoms with Gasteiger partial charge in [0.05, 0.1) is 6.61 Å². The molecule has 88 valence electrons. The summed E-state index contributed by atoms with van der Waals surface area (Å²) in [5.74, 6) is 1.45. The smallest absolute Gasteiger partial charge is 0.119 e. The Labute approximate surface area is 97.9 Å². The maximum absolute atomic E-state index is 5.53. The molecule has 0 heterocycles. The molecule has 0 aromatic heterocycles. The van der Waals surface area contributed by atoms with E-state index in [0.717, 1.165) is 17.9 Å². The largest absolute Gasteiger partial charge is 0.491 e. The first-order valence-electron chi connectivity index (χ1n) is 5.65. The maximum atomic E-state index is 5.53. The predicted molar refractivity (Wildman–Crippen MR) is 67.7 cm³/mol. The Morgan fingerprint density at radius 2 is 1.88 bits per heavy atom. The fraction of sp³-hybridized carbons (Fsp3) is 0.429. The average Bonchev–Trinajstić information content (AvgIpc) is 2.29. The zero-order valence-electron chi connectivity index (χ0n) is 10.1. The van der Waals surface area contributed by atoms with Crippen LogP contribution in [0, 0.1) is 5.92 Å². The summed E-state index contributed by atoms with van der Waals surface area (Å²) in [7, 11) is 0. The lowest BCUT2D eigenvalue weighted by Gasteiger charge is -2.08. The number of hydrogen-bond acceptors (Lipinski definition) is 2. The third-order valence-electron chi connectivity index (χ3n) is 2.06. The van der Waals surface area contributed by atoms with Crippen molar-refractivity contribution < 1.29 is 9.47 Å². The van der Waals surface area contributed by atoms with Crippen LogP contribution in [0.5, 0.6) is 5.75 Å². The third-order valence-corrected chi connectivity index (χ3v) is 2.06. The molecule has 16 heavy (non-hydrogen) atoms. The highest BCUT2D eigenvalue weighted by atomic mass is 16.5. The van der Waals surface area contributed by atoms with Gasteiger partial charge < -0.3 is 9.47 Å². The van der Waals surface area contributed by atoms with Crippen LogP contribution in [-0.2, 0) is 4.74 Å². The van der Waals surface area contributed by atoms with Crippen molar-refractivity contribution in [1.29, 1.82) is 0 Å². The van der Waals surface area contributed by atoms with Crippen molar-refractivity contribution in [1.82, 2.24) is 0 Å². The van der Waals surface area contributed by atoms with E-state index in [-0.39, 0.29) is 0 Å². The third kappa shape index (κ3) is 4.99. The molecule has 0 unspecified atom stereocenters. The van der Waals surface area contributed by atoms with Crippen LogP contribution in [0.25, 0.3) is 6.08 Å². The molecule has 0 fully saturated rings. The summed E-state index contributed by atoms with van der Waals surface area (Å²) < 4.78 is 10.9. The van der Waals surface area contributed by atoms with E-state index in [0.29, 0.717) is 19.1 Å². The normalized spacial score (nSPS) is 10.4. The van der Waals surface area contributed by atoms with Crippen molar-refractivity contribution in [3.8, 4) is 5.75 Å². The molecule has 0 aliphatic heterocycles. The molecule has 2 heteroatoms. The minimum absolute atomic E-state index is 0.576. The molecule has 2 nitrogen and oxygen atoms in total. The van der Waals surface area contributed by atoms with Gasteiger partial charge in [-0.2, -0.15) is 0 Å². The predicted octanol–water partition coefficient (Wildman–Crippen LogP) is 3.38. The minimum atomic E-state index is 0.576. The van der Waals surface area contributed by atoms with Crippen molar-refractivity contribution in [2.75, 3.05) is 19.8 Å². The van der Waals surface area contributed by atoms with Gasteiger partial charge in [0.15, 0.2) is 0 Å². The van der Waals surface area contributed by atoms with Crippen LogP contribution in [0.1, 0.15) is 19.4 Å². The molecular formula is C14H20O2. The Bertz CT molecular complexity index is 301. The summed E-state index contributed by atoms with van der Waals surface area (Å²) in [5, 5.41) is 0. The van der Waals surface area contributed by atoms with Crippen molar-refractivity contribution in [3.63, 3.8) is 0 Å². The molecule has 1 rings (SSSR count). The van der Waals surface area contributed by atoms with Crippen LogP contribution in [0.4, 0.5) is 0 Å². The van der Waals surface area contributed by atoms with Crippen LogP contribution >= 0.6 is 0 Å². The lowest BCUT2D eigenvalue weighted by molar-refractivity contribution is 0.0819. The van der Waals surface area contributed by atoms with E-state index < -0.39 is 0 Å². The van der Waals surface area contributed by atoms with Crippen LogP contribution < -0.4 is 4.74 Å². The average molecular weight is 220 g/mol. The van der Waals surface area contributed by atoms with Gasteiger partial charge in [-0.15, -0.1) is 0 Å². The molecule has 0 radical (unpaired) electrons. The van der Waals surface area contributed by atoms with E-state index in [4.69, 9.17) is 9.47 Å². The summed E-state index contributed by atoms with van der Waals surface area (Å²) in [6.07, 6.45) is 1.82. The van der Waals surface area contributed by atoms with Crippen molar-refractivity contribution >= 4 is 6.08 Å². The second-order valence-corrected chi connectivity index (χ2v) is 4.09. The molecule has 0 N–H and O–H groups in total. The van der Waals surface area contributed by atoms with Crippen molar-refractivity contribution in [2.45, 2.75) is 13.8 Å². The second-order valence-electron chi connectivity index (χ2n) is 4.09. The SMILES string of the molecule is C=Cc1ccc(OCCOCC(C)C)cc1. The Kier molecular flexibility index (Phi) is 5.65. The maximum Gasteiger partial charge on any atom is 0.119 e. The van der Waals surface area contributed by atoms with E-state index >= 15 is 0 Å². The van der Waals surface area contributed by atoms with Crippen molar-refractivity contribution in [3.05, 3.63) is 36.4 Å². The quantitative estimate of drug-likeness (QED) is 0.656. The van der Waals surface area contributed by atoms with Crippen LogP contribution in [0.3, 0.4) is 0 Å². The zero-order chi connectivity index (χ0) is 11.8. The Morgan fingerprint density at radius 1 is 1.19 bits per heavy atom. The highest BCUT2D eigenvalue weighted by molar-refractivity contribution is 5.48. The van der Waals surface area contributed by atoms with Crippen LogP contribution in [-0.4, -0.2) is 19.8 Å². The zero-order valence-corrected chi connectivity index (χ0v) is 10.1. The van der Waals surface area contributed by atoms with E-state index in [1.54, 1.807) is 0 Å².